The molecule has 0 unspecified atom stereocenters. The zero-order valence-electron chi connectivity index (χ0n) is 12.1. The van der Waals surface area contributed by atoms with Crippen LogP contribution in [0.3, 0.4) is 0 Å². The van der Waals surface area contributed by atoms with Crippen LogP contribution < -0.4 is 4.74 Å². The summed E-state index contributed by atoms with van der Waals surface area (Å²) in [5, 5.41) is 20.7. The van der Waals surface area contributed by atoms with Gasteiger partial charge in [0.15, 0.2) is 11.5 Å². The van der Waals surface area contributed by atoms with Crippen molar-refractivity contribution >= 4 is 16.7 Å². The number of carboxylic acids is 1. The number of ether oxygens (including phenoxy) is 1. The topological polar surface area (TPSA) is 66.8 Å². The van der Waals surface area contributed by atoms with Crippen molar-refractivity contribution in [3.63, 3.8) is 0 Å². The molecule has 0 bridgehead atoms. The third kappa shape index (κ3) is 2.99. The van der Waals surface area contributed by atoms with Crippen LogP contribution in [0.4, 0.5) is 0 Å². The highest BCUT2D eigenvalue weighted by Gasteiger charge is 2.13. The van der Waals surface area contributed by atoms with Gasteiger partial charge in [-0.3, -0.25) is 0 Å². The lowest BCUT2D eigenvalue weighted by Crippen LogP contribution is -1.94. The average Bonchev–Trinajstić information content (AvgIpc) is 2.48. The van der Waals surface area contributed by atoms with Gasteiger partial charge in [-0.1, -0.05) is 31.2 Å². The van der Waals surface area contributed by atoms with E-state index in [2.05, 4.69) is 0 Å². The third-order valence-corrected chi connectivity index (χ3v) is 3.47. The molecular formula is C17H18O4. The molecule has 2 N–H and O–H groups in total. The smallest absolute Gasteiger partial charge is 0.327 e. The minimum Gasteiger partial charge on any atom is -0.504 e. The fourth-order valence-electron chi connectivity index (χ4n) is 2.48. The summed E-state index contributed by atoms with van der Waals surface area (Å²) < 4.78 is 5.23. The first-order valence-electron chi connectivity index (χ1n) is 6.78. The van der Waals surface area contributed by atoms with Gasteiger partial charge in [0.2, 0.25) is 0 Å². The highest BCUT2D eigenvalue weighted by molar-refractivity contribution is 5.96. The van der Waals surface area contributed by atoms with Crippen LogP contribution >= 0.6 is 0 Å². The number of carboxylic acid groups (broad SMARTS) is 1. The molecule has 2 aromatic carbocycles. The Morgan fingerprint density at radius 3 is 2.71 bits per heavy atom. The van der Waals surface area contributed by atoms with Crippen molar-refractivity contribution in [1.29, 1.82) is 0 Å². The van der Waals surface area contributed by atoms with Crippen molar-refractivity contribution in [3.05, 3.63) is 47.5 Å². The van der Waals surface area contributed by atoms with E-state index in [4.69, 9.17) is 9.84 Å². The van der Waals surface area contributed by atoms with Crippen LogP contribution in [0.5, 0.6) is 11.5 Å². The zero-order chi connectivity index (χ0) is 15.4. The number of aliphatic carboxylic acids is 1. The number of fused-ring (bicyclic) bond motifs is 1. The van der Waals surface area contributed by atoms with E-state index in [1.54, 1.807) is 12.1 Å². The summed E-state index contributed by atoms with van der Waals surface area (Å²) in [7, 11) is 1.51. The highest BCUT2D eigenvalue weighted by atomic mass is 16.5. The zero-order valence-corrected chi connectivity index (χ0v) is 12.1. The van der Waals surface area contributed by atoms with Crippen molar-refractivity contribution in [2.24, 2.45) is 0 Å². The Morgan fingerprint density at radius 1 is 1.33 bits per heavy atom. The number of hydrogen-bond donors (Lipinski definition) is 2. The van der Waals surface area contributed by atoms with Crippen LogP contribution in [-0.2, 0) is 17.6 Å². The third-order valence-electron chi connectivity index (χ3n) is 3.47. The van der Waals surface area contributed by atoms with Gasteiger partial charge in [0.25, 0.3) is 0 Å². The van der Waals surface area contributed by atoms with Crippen LogP contribution in [0.1, 0.15) is 18.1 Å². The lowest BCUT2D eigenvalue weighted by Gasteiger charge is -2.14. The molecule has 21 heavy (non-hydrogen) atoms. The largest absolute Gasteiger partial charge is 0.504 e. The van der Waals surface area contributed by atoms with E-state index in [0.29, 0.717) is 12.2 Å². The Labute approximate surface area is 123 Å². The number of phenolic OH excluding ortho intramolecular Hbond substituents is 1. The molecule has 0 aromatic heterocycles. The van der Waals surface area contributed by atoms with Crippen LogP contribution in [0.2, 0.25) is 0 Å². The van der Waals surface area contributed by atoms with Gasteiger partial charge < -0.3 is 14.9 Å². The molecule has 0 radical (unpaired) electrons. The fourth-order valence-corrected chi connectivity index (χ4v) is 2.48. The van der Waals surface area contributed by atoms with E-state index in [9.17, 15) is 9.90 Å². The molecule has 2 rings (SSSR count). The molecule has 0 saturated heterocycles. The number of phenols is 1. The first-order valence-corrected chi connectivity index (χ1v) is 6.78. The van der Waals surface area contributed by atoms with Crippen LogP contribution in [-0.4, -0.2) is 23.3 Å². The molecule has 0 amide bonds. The maximum atomic E-state index is 10.6. The SMILES string of the molecule is CCc1cccc2c(CC=CC(=O)O)cc(OC)c(O)c12. The van der Waals surface area contributed by atoms with Gasteiger partial charge in [-0.2, -0.15) is 0 Å². The molecule has 0 fully saturated rings. The predicted molar refractivity (Wildman–Crippen MR) is 82.0 cm³/mol. The van der Waals surface area contributed by atoms with Crippen molar-refractivity contribution in [3.8, 4) is 11.5 Å². The lowest BCUT2D eigenvalue weighted by atomic mass is 9.95. The molecule has 0 aliphatic rings. The van der Waals surface area contributed by atoms with E-state index >= 15 is 0 Å². The molecule has 0 spiro atoms. The quantitative estimate of drug-likeness (QED) is 0.828. The molecule has 0 saturated carbocycles. The second-order valence-electron chi connectivity index (χ2n) is 4.72. The average molecular weight is 286 g/mol. The lowest BCUT2D eigenvalue weighted by molar-refractivity contribution is -0.131. The van der Waals surface area contributed by atoms with E-state index < -0.39 is 5.97 Å². The molecule has 0 heterocycles. The standard InChI is InChI=1S/C17H18O4/c1-3-11-6-4-8-13-12(7-5-9-15(18)19)10-14(21-2)17(20)16(11)13/h4-6,8-10,20H,3,7H2,1-2H3,(H,18,19). The van der Waals surface area contributed by atoms with E-state index in [1.807, 2.05) is 25.1 Å². The monoisotopic (exact) mass is 286 g/mol. The molecule has 4 heteroatoms. The van der Waals surface area contributed by atoms with Crippen LogP contribution in [0, 0.1) is 0 Å². The fraction of sp³-hybridized carbons (Fsp3) is 0.235. The Balaban J connectivity index is 2.64. The van der Waals surface area contributed by atoms with Gasteiger partial charge in [-0.05, 0) is 35.4 Å². The summed E-state index contributed by atoms with van der Waals surface area (Å²) in [6.07, 6.45) is 3.97. The molecule has 2 aromatic rings. The molecule has 4 nitrogen and oxygen atoms in total. The number of rotatable bonds is 5. The second-order valence-corrected chi connectivity index (χ2v) is 4.72. The summed E-state index contributed by atoms with van der Waals surface area (Å²) >= 11 is 0. The van der Waals surface area contributed by atoms with Gasteiger partial charge in [0.1, 0.15) is 0 Å². The predicted octanol–water partition coefficient (Wildman–Crippen LogP) is 3.30. The molecule has 0 atom stereocenters. The van der Waals surface area contributed by atoms with Crippen molar-refractivity contribution in [2.75, 3.05) is 7.11 Å². The maximum absolute atomic E-state index is 10.6. The van der Waals surface area contributed by atoms with Crippen molar-refractivity contribution in [2.45, 2.75) is 19.8 Å². The second kappa shape index (κ2) is 6.31. The Morgan fingerprint density at radius 2 is 2.10 bits per heavy atom. The summed E-state index contributed by atoms with van der Waals surface area (Å²) in [4.78, 5) is 10.6. The maximum Gasteiger partial charge on any atom is 0.327 e. The van der Waals surface area contributed by atoms with E-state index in [0.717, 1.165) is 34.4 Å². The minimum atomic E-state index is -0.973. The Kier molecular flexibility index (Phi) is 4.48. The number of carbonyl (C=O) groups is 1. The number of benzene rings is 2. The first kappa shape index (κ1) is 14.9. The van der Waals surface area contributed by atoms with E-state index in [-0.39, 0.29) is 5.75 Å². The number of aryl methyl sites for hydroxylation is 1. The van der Waals surface area contributed by atoms with Gasteiger partial charge in [-0.25, -0.2) is 4.79 Å². The molecule has 110 valence electrons. The van der Waals surface area contributed by atoms with Gasteiger partial charge in [0, 0.05) is 11.5 Å². The Hall–Kier alpha value is -2.49. The van der Waals surface area contributed by atoms with Gasteiger partial charge in [0.05, 0.1) is 7.11 Å². The number of methoxy groups -OCH3 is 1. The highest BCUT2D eigenvalue weighted by Crippen LogP contribution is 2.39. The minimum absolute atomic E-state index is 0.135. The number of aromatic hydroxyl groups is 1. The van der Waals surface area contributed by atoms with Crippen LogP contribution in [0.25, 0.3) is 10.8 Å². The number of allylic oxidation sites excluding steroid dienone is 1. The van der Waals surface area contributed by atoms with Gasteiger partial charge in [-0.15, -0.1) is 0 Å². The number of hydrogen-bond acceptors (Lipinski definition) is 3. The normalized spacial score (nSPS) is 11.1. The van der Waals surface area contributed by atoms with Crippen LogP contribution in [0.15, 0.2) is 36.4 Å². The van der Waals surface area contributed by atoms with E-state index in [1.165, 1.54) is 7.11 Å². The first-order chi connectivity index (χ1) is 10.1. The molecular weight excluding hydrogens is 268 g/mol. The van der Waals surface area contributed by atoms with Crippen molar-refractivity contribution in [1.82, 2.24) is 0 Å². The molecule has 0 aliphatic carbocycles. The van der Waals surface area contributed by atoms with Gasteiger partial charge >= 0.3 is 5.97 Å². The van der Waals surface area contributed by atoms with Crippen molar-refractivity contribution < 1.29 is 19.7 Å². The summed E-state index contributed by atoms with van der Waals surface area (Å²) in [5.41, 5.74) is 1.96. The summed E-state index contributed by atoms with van der Waals surface area (Å²) in [5.74, 6) is -0.433. The molecule has 0 aliphatic heterocycles. The Bertz CT molecular complexity index is 701. The summed E-state index contributed by atoms with van der Waals surface area (Å²) in [6.45, 7) is 2.03. The summed E-state index contributed by atoms with van der Waals surface area (Å²) in [6, 6.07) is 7.59.